The van der Waals surface area contributed by atoms with Gasteiger partial charge < -0.3 is 9.73 Å². The standard InChI is InChI=1S/C21H18N4O2/c1-14-6-8-15(9-7-14)21-24-16(13-27-21)10-11-22-20(26)19-12-23-17-4-2-3-5-18(17)25-19/h2-9,12-13H,10-11H2,1H3,(H,22,26). The third kappa shape index (κ3) is 3.84. The van der Waals surface area contributed by atoms with E-state index in [0.29, 0.717) is 30.1 Å². The van der Waals surface area contributed by atoms with Crippen molar-refractivity contribution in [1.29, 1.82) is 0 Å². The quantitative estimate of drug-likeness (QED) is 0.590. The molecule has 2 aromatic carbocycles. The van der Waals surface area contributed by atoms with E-state index >= 15 is 0 Å². The topological polar surface area (TPSA) is 80.9 Å². The van der Waals surface area contributed by atoms with Crippen molar-refractivity contribution in [3.63, 3.8) is 0 Å². The molecular formula is C21H18N4O2. The fraction of sp³-hybridized carbons (Fsp3) is 0.143. The van der Waals surface area contributed by atoms with Crippen LogP contribution in [0.4, 0.5) is 0 Å². The molecule has 0 aliphatic carbocycles. The third-order valence-electron chi connectivity index (χ3n) is 4.20. The lowest BCUT2D eigenvalue weighted by Crippen LogP contribution is -2.26. The van der Waals surface area contributed by atoms with Crippen molar-refractivity contribution in [3.8, 4) is 11.5 Å². The number of carbonyl (C=O) groups excluding carboxylic acids is 1. The monoisotopic (exact) mass is 358 g/mol. The molecule has 4 rings (SSSR count). The zero-order valence-corrected chi connectivity index (χ0v) is 14.8. The highest BCUT2D eigenvalue weighted by Crippen LogP contribution is 2.19. The Morgan fingerprint density at radius 2 is 1.81 bits per heavy atom. The number of nitrogens with one attached hydrogen (secondary N) is 1. The maximum Gasteiger partial charge on any atom is 0.271 e. The Bertz CT molecular complexity index is 1090. The first kappa shape index (κ1) is 16.9. The summed E-state index contributed by atoms with van der Waals surface area (Å²) in [6.07, 6.45) is 3.68. The molecule has 1 N–H and O–H groups in total. The Labute approximate surface area is 156 Å². The molecule has 2 aromatic heterocycles. The zero-order valence-electron chi connectivity index (χ0n) is 14.8. The van der Waals surface area contributed by atoms with E-state index in [-0.39, 0.29) is 5.91 Å². The number of rotatable bonds is 5. The van der Waals surface area contributed by atoms with Gasteiger partial charge in [0.25, 0.3) is 5.91 Å². The molecule has 0 saturated heterocycles. The molecule has 6 heteroatoms. The van der Waals surface area contributed by atoms with Crippen molar-refractivity contribution in [1.82, 2.24) is 20.3 Å². The average Bonchev–Trinajstić information content (AvgIpc) is 3.17. The minimum atomic E-state index is -0.254. The van der Waals surface area contributed by atoms with Crippen LogP contribution in [-0.4, -0.2) is 27.4 Å². The Kier molecular flexibility index (Phi) is 4.61. The number of hydrogen-bond acceptors (Lipinski definition) is 5. The number of oxazole rings is 1. The van der Waals surface area contributed by atoms with Gasteiger partial charge in [-0.25, -0.2) is 9.97 Å². The van der Waals surface area contributed by atoms with Gasteiger partial charge in [0.1, 0.15) is 12.0 Å². The lowest BCUT2D eigenvalue weighted by atomic mass is 10.1. The molecule has 2 heterocycles. The van der Waals surface area contributed by atoms with Crippen LogP contribution in [0.1, 0.15) is 21.7 Å². The Morgan fingerprint density at radius 3 is 2.63 bits per heavy atom. The highest BCUT2D eigenvalue weighted by Gasteiger charge is 2.10. The van der Waals surface area contributed by atoms with Crippen LogP contribution in [0.5, 0.6) is 0 Å². The molecule has 0 fully saturated rings. The van der Waals surface area contributed by atoms with E-state index in [0.717, 1.165) is 16.8 Å². The largest absolute Gasteiger partial charge is 0.444 e. The predicted octanol–water partition coefficient (Wildman–Crippen LogP) is 3.57. The van der Waals surface area contributed by atoms with Gasteiger partial charge in [-0.05, 0) is 31.2 Å². The fourth-order valence-corrected chi connectivity index (χ4v) is 2.71. The van der Waals surface area contributed by atoms with Gasteiger partial charge in [-0.2, -0.15) is 0 Å². The first-order valence-corrected chi connectivity index (χ1v) is 8.70. The summed E-state index contributed by atoms with van der Waals surface area (Å²) in [5, 5.41) is 2.85. The number of carbonyl (C=O) groups is 1. The molecule has 27 heavy (non-hydrogen) atoms. The van der Waals surface area contributed by atoms with Gasteiger partial charge in [0.15, 0.2) is 0 Å². The minimum absolute atomic E-state index is 0.254. The van der Waals surface area contributed by atoms with Crippen molar-refractivity contribution >= 4 is 16.9 Å². The minimum Gasteiger partial charge on any atom is -0.444 e. The number of para-hydroxylation sites is 2. The zero-order chi connectivity index (χ0) is 18.6. The second kappa shape index (κ2) is 7.37. The van der Waals surface area contributed by atoms with Gasteiger partial charge in [-0.1, -0.05) is 29.8 Å². The van der Waals surface area contributed by atoms with Crippen LogP contribution in [0.15, 0.2) is 65.4 Å². The molecular weight excluding hydrogens is 340 g/mol. The van der Waals surface area contributed by atoms with E-state index in [1.165, 1.54) is 11.8 Å². The van der Waals surface area contributed by atoms with E-state index in [2.05, 4.69) is 20.3 Å². The second-order valence-corrected chi connectivity index (χ2v) is 6.26. The highest BCUT2D eigenvalue weighted by molar-refractivity contribution is 5.93. The molecule has 6 nitrogen and oxygen atoms in total. The van der Waals surface area contributed by atoms with Gasteiger partial charge in [-0.3, -0.25) is 9.78 Å². The summed E-state index contributed by atoms with van der Waals surface area (Å²) in [7, 11) is 0. The van der Waals surface area contributed by atoms with E-state index in [9.17, 15) is 4.79 Å². The van der Waals surface area contributed by atoms with Crippen molar-refractivity contribution in [2.45, 2.75) is 13.3 Å². The van der Waals surface area contributed by atoms with Crippen LogP contribution in [0, 0.1) is 6.92 Å². The normalized spacial score (nSPS) is 10.9. The molecule has 4 aromatic rings. The summed E-state index contributed by atoms with van der Waals surface area (Å²) in [6.45, 7) is 2.47. The van der Waals surface area contributed by atoms with Crippen LogP contribution in [-0.2, 0) is 6.42 Å². The molecule has 1 amide bonds. The second-order valence-electron chi connectivity index (χ2n) is 6.26. The molecule has 0 unspecified atom stereocenters. The molecule has 134 valence electrons. The van der Waals surface area contributed by atoms with Crippen LogP contribution < -0.4 is 5.32 Å². The van der Waals surface area contributed by atoms with Gasteiger partial charge in [0.2, 0.25) is 5.89 Å². The third-order valence-corrected chi connectivity index (χ3v) is 4.20. The molecule has 0 bridgehead atoms. The van der Waals surface area contributed by atoms with Crippen molar-refractivity contribution in [2.75, 3.05) is 6.54 Å². The van der Waals surface area contributed by atoms with Crippen molar-refractivity contribution < 1.29 is 9.21 Å². The number of amides is 1. The van der Waals surface area contributed by atoms with Crippen molar-refractivity contribution in [2.24, 2.45) is 0 Å². The SMILES string of the molecule is Cc1ccc(-c2nc(CCNC(=O)c3cnc4ccccc4n3)co2)cc1. The average molecular weight is 358 g/mol. The Balaban J connectivity index is 1.36. The van der Waals surface area contributed by atoms with E-state index < -0.39 is 0 Å². The maximum atomic E-state index is 12.3. The summed E-state index contributed by atoms with van der Waals surface area (Å²) >= 11 is 0. The summed E-state index contributed by atoms with van der Waals surface area (Å²) < 4.78 is 5.53. The van der Waals surface area contributed by atoms with Crippen molar-refractivity contribution in [3.05, 3.63) is 77.9 Å². The summed E-state index contributed by atoms with van der Waals surface area (Å²) in [5.74, 6) is 0.326. The number of aryl methyl sites for hydroxylation is 1. The van der Waals surface area contributed by atoms with Gasteiger partial charge >= 0.3 is 0 Å². The van der Waals surface area contributed by atoms with Gasteiger partial charge in [-0.15, -0.1) is 0 Å². The number of aromatic nitrogens is 3. The van der Waals surface area contributed by atoms with Crippen LogP contribution >= 0.6 is 0 Å². The molecule has 0 saturated carbocycles. The van der Waals surface area contributed by atoms with Crippen LogP contribution in [0.3, 0.4) is 0 Å². The molecule has 0 aliphatic heterocycles. The van der Waals surface area contributed by atoms with Crippen LogP contribution in [0.25, 0.3) is 22.5 Å². The smallest absolute Gasteiger partial charge is 0.271 e. The lowest BCUT2D eigenvalue weighted by Gasteiger charge is -2.04. The predicted molar refractivity (Wildman–Crippen MR) is 102 cm³/mol. The fourth-order valence-electron chi connectivity index (χ4n) is 2.71. The number of fused-ring (bicyclic) bond motifs is 1. The Hall–Kier alpha value is -3.54. The maximum absolute atomic E-state index is 12.3. The molecule has 0 atom stereocenters. The van der Waals surface area contributed by atoms with E-state index in [1.807, 2.05) is 55.5 Å². The summed E-state index contributed by atoms with van der Waals surface area (Å²) in [5.41, 5.74) is 4.67. The first-order chi connectivity index (χ1) is 13.2. The summed E-state index contributed by atoms with van der Waals surface area (Å²) in [6, 6.07) is 15.4. The van der Waals surface area contributed by atoms with Crippen LogP contribution in [0.2, 0.25) is 0 Å². The van der Waals surface area contributed by atoms with E-state index in [4.69, 9.17) is 4.42 Å². The molecule has 0 radical (unpaired) electrons. The van der Waals surface area contributed by atoms with Gasteiger partial charge in [0, 0.05) is 18.5 Å². The Morgan fingerprint density at radius 1 is 1.04 bits per heavy atom. The highest BCUT2D eigenvalue weighted by atomic mass is 16.3. The number of benzene rings is 2. The van der Waals surface area contributed by atoms with Gasteiger partial charge in [0.05, 0.1) is 22.9 Å². The molecule has 0 spiro atoms. The lowest BCUT2D eigenvalue weighted by molar-refractivity contribution is 0.0949. The number of nitrogens with zero attached hydrogens (tertiary/aromatic N) is 3. The molecule has 0 aliphatic rings. The van der Waals surface area contributed by atoms with E-state index in [1.54, 1.807) is 6.26 Å². The first-order valence-electron chi connectivity index (χ1n) is 8.70. The summed E-state index contributed by atoms with van der Waals surface area (Å²) in [4.78, 5) is 25.4. The number of hydrogen-bond donors (Lipinski definition) is 1.